The predicted molar refractivity (Wildman–Crippen MR) is 94.8 cm³/mol. The Kier molecular flexibility index (Phi) is 7.41. The fraction of sp³-hybridized carbons (Fsp3) is 0.529. The Bertz CT molecular complexity index is 561. The van der Waals surface area contributed by atoms with E-state index >= 15 is 0 Å². The van der Waals surface area contributed by atoms with Gasteiger partial charge >= 0.3 is 5.97 Å². The monoisotopic (exact) mass is 355 g/mol. The Morgan fingerprint density at radius 1 is 1.12 bits per heavy atom. The van der Waals surface area contributed by atoms with Crippen LogP contribution in [-0.4, -0.2) is 53.1 Å². The minimum atomic E-state index is -1.04. The molecule has 0 unspecified atom stereocenters. The second kappa shape index (κ2) is 8.82. The number of carboxylic acid groups (broad SMARTS) is 1. The summed E-state index contributed by atoms with van der Waals surface area (Å²) in [7, 11) is 3.08. The quantitative estimate of drug-likeness (QED) is 0.773. The van der Waals surface area contributed by atoms with Gasteiger partial charge in [-0.25, -0.2) is 0 Å². The molecule has 0 saturated heterocycles. The van der Waals surface area contributed by atoms with Crippen LogP contribution in [0.2, 0.25) is 0 Å². The number of hydrogen-bond donors (Lipinski definition) is 1. The Morgan fingerprint density at radius 3 is 2.08 bits per heavy atom. The number of amides is 1. The molecule has 1 aromatic carbocycles. The number of methoxy groups -OCH3 is 2. The van der Waals surface area contributed by atoms with Crippen LogP contribution >= 0.6 is 11.8 Å². The van der Waals surface area contributed by atoms with Crippen LogP contribution in [0, 0.1) is 0 Å². The summed E-state index contributed by atoms with van der Waals surface area (Å²) in [5.41, 5.74) is 0.751. The van der Waals surface area contributed by atoms with Gasteiger partial charge in [-0.1, -0.05) is 20.8 Å². The van der Waals surface area contributed by atoms with E-state index < -0.39 is 5.97 Å². The van der Waals surface area contributed by atoms with Crippen LogP contribution in [0.4, 0.5) is 0 Å². The maximum absolute atomic E-state index is 12.4. The maximum Gasteiger partial charge on any atom is 0.323 e. The summed E-state index contributed by atoms with van der Waals surface area (Å²) in [6.07, 6.45) is 0. The van der Waals surface area contributed by atoms with Gasteiger partial charge in [-0.05, 0) is 17.7 Å². The largest absolute Gasteiger partial charge is 0.497 e. The first kappa shape index (κ1) is 20.2. The molecule has 6 nitrogen and oxygen atoms in total. The van der Waals surface area contributed by atoms with Gasteiger partial charge in [0.25, 0.3) is 0 Å². The fourth-order valence-corrected chi connectivity index (χ4v) is 2.68. The summed E-state index contributed by atoms with van der Waals surface area (Å²) >= 11 is 1.49. The molecule has 0 aliphatic heterocycles. The van der Waals surface area contributed by atoms with E-state index in [0.29, 0.717) is 11.5 Å². The van der Waals surface area contributed by atoms with Crippen molar-refractivity contribution in [1.29, 1.82) is 0 Å². The molecule has 0 heterocycles. The van der Waals surface area contributed by atoms with Crippen molar-refractivity contribution in [2.75, 3.05) is 26.5 Å². The van der Waals surface area contributed by atoms with Crippen molar-refractivity contribution >= 4 is 23.6 Å². The van der Waals surface area contributed by atoms with Crippen LogP contribution in [0.25, 0.3) is 0 Å². The summed E-state index contributed by atoms with van der Waals surface area (Å²) in [6, 6.07) is 5.26. The highest BCUT2D eigenvalue weighted by Crippen LogP contribution is 2.25. The third-order valence-corrected chi connectivity index (χ3v) is 4.35. The molecule has 0 radical (unpaired) electrons. The first-order valence-corrected chi connectivity index (χ1v) is 8.48. The van der Waals surface area contributed by atoms with Crippen molar-refractivity contribution < 1.29 is 24.2 Å². The lowest BCUT2D eigenvalue weighted by molar-refractivity contribution is -0.143. The fourth-order valence-electron chi connectivity index (χ4n) is 1.94. The summed E-state index contributed by atoms with van der Waals surface area (Å²) in [6.45, 7) is 5.88. The Balaban J connectivity index is 2.93. The maximum atomic E-state index is 12.4. The van der Waals surface area contributed by atoms with Crippen LogP contribution in [0.5, 0.6) is 11.5 Å². The van der Waals surface area contributed by atoms with Crippen LogP contribution in [0.3, 0.4) is 0 Å². The Morgan fingerprint density at radius 2 is 1.67 bits per heavy atom. The lowest BCUT2D eigenvalue weighted by Gasteiger charge is -2.24. The van der Waals surface area contributed by atoms with E-state index in [0.717, 1.165) is 5.56 Å². The van der Waals surface area contributed by atoms with Gasteiger partial charge in [0.05, 0.1) is 20.0 Å². The minimum Gasteiger partial charge on any atom is -0.497 e. The number of ether oxygens (including phenoxy) is 2. The molecule has 0 aliphatic carbocycles. The van der Waals surface area contributed by atoms with Gasteiger partial charge in [-0.15, -0.1) is 11.8 Å². The van der Waals surface area contributed by atoms with E-state index in [-0.39, 0.29) is 29.5 Å². The third kappa shape index (κ3) is 7.12. The average Bonchev–Trinajstić information content (AvgIpc) is 2.50. The lowest BCUT2D eigenvalue weighted by atomic mass is 10.2. The summed E-state index contributed by atoms with van der Waals surface area (Å²) in [5, 5.41) is 9.09. The smallest absolute Gasteiger partial charge is 0.323 e. The van der Waals surface area contributed by atoms with Crippen molar-refractivity contribution in [2.45, 2.75) is 32.1 Å². The van der Waals surface area contributed by atoms with Gasteiger partial charge in [0.15, 0.2) is 0 Å². The number of benzene rings is 1. The van der Waals surface area contributed by atoms with Crippen molar-refractivity contribution in [3.05, 3.63) is 23.8 Å². The lowest BCUT2D eigenvalue weighted by Crippen LogP contribution is -2.37. The minimum absolute atomic E-state index is 0.0657. The van der Waals surface area contributed by atoms with Gasteiger partial charge in [-0.3, -0.25) is 9.59 Å². The van der Waals surface area contributed by atoms with Crippen LogP contribution in [-0.2, 0) is 16.1 Å². The number of carbonyl (C=O) groups excluding carboxylic acids is 1. The van der Waals surface area contributed by atoms with Gasteiger partial charge in [0.1, 0.15) is 18.0 Å². The van der Waals surface area contributed by atoms with E-state index in [1.54, 1.807) is 32.4 Å². The number of aliphatic carboxylic acids is 1. The molecule has 1 rings (SSSR count). The van der Waals surface area contributed by atoms with E-state index in [1.165, 1.54) is 16.7 Å². The molecule has 0 spiro atoms. The van der Waals surface area contributed by atoms with Crippen LogP contribution in [0.1, 0.15) is 26.3 Å². The summed E-state index contributed by atoms with van der Waals surface area (Å²) in [4.78, 5) is 24.8. The van der Waals surface area contributed by atoms with Crippen LogP contribution in [0.15, 0.2) is 18.2 Å². The van der Waals surface area contributed by atoms with Crippen molar-refractivity contribution in [3.8, 4) is 11.5 Å². The number of rotatable bonds is 8. The highest BCUT2D eigenvalue weighted by Gasteiger charge is 2.21. The Labute approximate surface area is 147 Å². The molecule has 0 atom stereocenters. The van der Waals surface area contributed by atoms with Gasteiger partial charge < -0.3 is 19.5 Å². The van der Waals surface area contributed by atoms with Crippen molar-refractivity contribution in [3.63, 3.8) is 0 Å². The van der Waals surface area contributed by atoms with E-state index in [9.17, 15) is 9.59 Å². The average molecular weight is 355 g/mol. The molecule has 1 N–H and O–H groups in total. The molecule has 7 heteroatoms. The highest BCUT2D eigenvalue weighted by atomic mass is 32.2. The molecule has 0 aliphatic rings. The molecule has 134 valence electrons. The summed E-state index contributed by atoms with van der Waals surface area (Å²) < 4.78 is 10.4. The molecular weight excluding hydrogens is 330 g/mol. The molecule has 1 aromatic rings. The van der Waals surface area contributed by atoms with E-state index in [1.807, 2.05) is 20.8 Å². The Hall–Kier alpha value is -1.89. The normalized spacial score (nSPS) is 11.0. The zero-order valence-corrected chi connectivity index (χ0v) is 15.6. The molecule has 0 fully saturated rings. The second-order valence-corrected chi connectivity index (χ2v) is 8.07. The van der Waals surface area contributed by atoms with Crippen molar-refractivity contribution in [1.82, 2.24) is 4.90 Å². The SMILES string of the molecule is COc1cc(CN(CC(=O)O)C(=O)CSC(C)(C)C)cc(OC)c1. The van der Waals surface area contributed by atoms with Crippen molar-refractivity contribution in [2.24, 2.45) is 0 Å². The van der Waals surface area contributed by atoms with E-state index in [2.05, 4.69) is 0 Å². The molecule has 24 heavy (non-hydrogen) atoms. The number of thioether (sulfide) groups is 1. The second-order valence-electron chi connectivity index (χ2n) is 6.27. The third-order valence-electron chi connectivity index (χ3n) is 3.09. The number of hydrogen-bond acceptors (Lipinski definition) is 5. The zero-order valence-electron chi connectivity index (χ0n) is 14.8. The number of nitrogens with zero attached hydrogens (tertiary/aromatic N) is 1. The molecule has 0 bridgehead atoms. The van der Waals surface area contributed by atoms with Gasteiger partial charge in [0.2, 0.25) is 5.91 Å². The molecule has 0 aromatic heterocycles. The number of carboxylic acids is 1. The topological polar surface area (TPSA) is 76.1 Å². The van der Waals surface area contributed by atoms with Crippen LogP contribution < -0.4 is 9.47 Å². The summed E-state index contributed by atoms with van der Waals surface area (Å²) in [5.74, 6) is 0.170. The number of carbonyl (C=O) groups is 2. The van der Waals surface area contributed by atoms with Gasteiger partial charge in [0, 0.05) is 17.4 Å². The molecule has 0 saturated carbocycles. The standard InChI is InChI=1S/C17H25NO5S/c1-17(2,3)24-11-15(19)18(10-16(20)21)9-12-6-13(22-4)8-14(7-12)23-5/h6-8H,9-11H2,1-5H3,(H,20,21). The predicted octanol–water partition coefficient (Wildman–Crippen LogP) is 2.65. The van der Waals surface area contributed by atoms with E-state index in [4.69, 9.17) is 14.6 Å². The van der Waals surface area contributed by atoms with Gasteiger partial charge in [-0.2, -0.15) is 0 Å². The highest BCUT2D eigenvalue weighted by molar-refractivity contribution is 8.01. The first-order valence-electron chi connectivity index (χ1n) is 7.50. The first-order chi connectivity index (χ1) is 11.1. The molecule has 1 amide bonds. The zero-order chi connectivity index (χ0) is 18.3. The molecular formula is C17H25NO5S.